The Morgan fingerprint density at radius 3 is 2.67 bits per heavy atom. The van der Waals surface area contributed by atoms with Crippen LogP contribution in [-0.2, 0) is 0 Å². The predicted octanol–water partition coefficient (Wildman–Crippen LogP) is 5.21. The van der Waals surface area contributed by atoms with Crippen LogP contribution >= 0.6 is 27.5 Å². The number of halogens is 2. The Kier molecular flexibility index (Phi) is 3.59. The smallest absolute Gasteiger partial charge is 0.121 e. The van der Waals surface area contributed by atoms with E-state index in [0.717, 1.165) is 17.2 Å². The summed E-state index contributed by atoms with van der Waals surface area (Å²) in [5.74, 6) is 0.914. The molecule has 0 N–H and O–H groups in total. The summed E-state index contributed by atoms with van der Waals surface area (Å²) in [5.41, 5.74) is 0.376. The van der Waals surface area contributed by atoms with Gasteiger partial charge >= 0.3 is 0 Å². The van der Waals surface area contributed by atoms with E-state index in [9.17, 15) is 0 Å². The van der Waals surface area contributed by atoms with Gasteiger partial charge in [-0.3, -0.25) is 0 Å². The van der Waals surface area contributed by atoms with Gasteiger partial charge in [-0.25, -0.2) is 0 Å². The van der Waals surface area contributed by atoms with E-state index < -0.39 is 0 Å². The maximum absolute atomic E-state index is 6.18. The first-order valence-electron chi connectivity index (χ1n) is 6.77. The average molecular weight is 330 g/mol. The molecule has 18 heavy (non-hydrogen) atoms. The number of hydrogen-bond donors (Lipinski definition) is 0. The number of alkyl halides is 1. The number of ether oxygens (including phenoxy) is 1. The molecule has 2 aliphatic rings. The second-order valence-corrected chi connectivity index (χ2v) is 7.10. The van der Waals surface area contributed by atoms with Gasteiger partial charge in [0.15, 0.2) is 0 Å². The van der Waals surface area contributed by atoms with Crippen molar-refractivity contribution in [3.05, 3.63) is 29.3 Å². The summed E-state index contributed by atoms with van der Waals surface area (Å²) in [5, 5.41) is 0.750. The van der Waals surface area contributed by atoms with Crippen LogP contribution in [0, 0.1) is 5.41 Å². The minimum absolute atomic E-state index is 0.362. The highest BCUT2D eigenvalue weighted by atomic mass is 79.9. The molecule has 2 atom stereocenters. The largest absolute Gasteiger partial charge is 0.490 e. The fraction of sp³-hybridized carbons (Fsp3) is 0.600. The lowest BCUT2D eigenvalue weighted by atomic mass is 9.58. The van der Waals surface area contributed by atoms with Crippen LogP contribution in [0.4, 0.5) is 0 Å². The van der Waals surface area contributed by atoms with Gasteiger partial charge in [0.1, 0.15) is 11.9 Å². The fourth-order valence-corrected chi connectivity index (χ4v) is 4.69. The zero-order chi connectivity index (χ0) is 12.6. The molecule has 2 unspecified atom stereocenters. The van der Waals surface area contributed by atoms with E-state index in [-0.39, 0.29) is 0 Å². The van der Waals surface area contributed by atoms with Gasteiger partial charge in [0.05, 0.1) is 0 Å². The molecule has 1 spiro atoms. The van der Waals surface area contributed by atoms with Crippen LogP contribution in [0.2, 0.25) is 5.02 Å². The van der Waals surface area contributed by atoms with Gasteiger partial charge in [-0.15, -0.1) is 0 Å². The van der Waals surface area contributed by atoms with Crippen molar-refractivity contribution in [3.63, 3.8) is 0 Å². The van der Waals surface area contributed by atoms with Gasteiger partial charge in [-0.1, -0.05) is 52.9 Å². The minimum atomic E-state index is 0.362. The molecule has 3 heteroatoms. The van der Waals surface area contributed by atoms with Crippen molar-refractivity contribution in [1.29, 1.82) is 0 Å². The second-order valence-electron chi connectivity index (χ2n) is 5.56. The number of benzene rings is 1. The van der Waals surface area contributed by atoms with E-state index in [1.54, 1.807) is 0 Å². The molecule has 98 valence electrons. The van der Waals surface area contributed by atoms with Crippen LogP contribution in [0.5, 0.6) is 5.75 Å². The molecule has 1 aromatic rings. The van der Waals surface area contributed by atoms with Gasteiger partial charge in [0.2, 0.25) is 0 Å². The van der Waals surface area contributed by atoms with Crippen molar-refractivity contribution < 1.29 is 4.74 Å². The maximum Gasteiger partial charge on any atom is 0.121 e. The zero-order valence-electron chi connectivity index (χ0n) is 10.4. The minimum Gasteiger partial charge on any atom is -0.490 e. The molecular weight excluding hydrogens is 312 g/mol. The normalized spacial score (nSPS) is 29.9. The monoisotopic (exact) mass is 328 g/mol. The molecule has 0 aliphatic heterocycles. The standard InChI is InChI=1S/C15H18BrClO/c16-13-10-14(15(13)7-2-1-3-8-15)18-12-6-4-5-11(17)9-12/h4-6,9,13-14H,1-3,7-8,10H2. The molecule has 3 rings (SSSR count). The SMILES string of the molecule is Clc1cccc(OC2CC(Br)C23CCCCC3)c1. The molecule has 0 heterocycles. The highest BCUT2D eigenvalue weighted by Gasteiger charge is 2.55. The summed E-state index contributed by atoms with van der Waals surface area (Å²) in [6, 6.07) is 7.76. The third-order valence-electron chi connectivity index (χ3n) is 4.54. The summed E-state index contributed by atoms with van der Waals surface area (Å²) in [4.78, 5) is 0.634. The summed E-state index contributed by atoms with van der Waals surface area (Å²) in [7, 11) is 0. The van der Waals surface area contributed by atoms with Crippen LogP contribution in [0.25, 0.3) is 0 Å². The van der Waals surface area contributed by atoms with Gasteiger partial charge in [-0.2, -0.15) is 0 Å². The lowest BCUT2D eigenvalue weighted by Crippen LogP contribution is -2.57. The molecule has 2 fully saturated rings. The zero-order valence-corrected chi connectivity index (χ0v) is 12.7. The fourth-order valence-electron chi connectivity index (χ4n) is 3.41. The topological polar surface area (TPSA) is 9.23 Å². The summed E-state index contributed by atoms with van der Waals surface area (Å²) in [6.07, 6.45) is 8.15. The van der Waals surface area contributed by atoms with Gasteiger partial charge in [0, 0.05) is 15.3 Å². The molecule has 0 saturated heterocycles. The molecule has 0 amide bonds. The second kappa shape index (κ2) is 5.05. The van der Waals surface area contributed by atoms with Crippen LogP contribution in [0.3, 0.4) is 0 Å². The van der Waals surface area contributed by atoms with Crippen LogP contribution < -0.4 is 4.74 Å². The third kappa shape index (κ3) is 2.18. The molecule has 0 aromatic heterocycles. The molecule has 1 nitrogen and oxygen atoms in total. The van der Waals surface area contributed by atoms with Crippen molar-refractivity contribution in [2.75, 3.05) is 0 Å². The Morgan fingerprint density at radius 1 is 1.22 bits per heavy atom. The van der Waals surface area contributed by atoms with Gasteiger partial charge < -0.3 is 4.74 Å². The Bertz CT molecular complexity index is 428. The Labute approximate surface area is 122 Å². The van der Waals surface area contributed by atoms with E-state index in [1.165, 1.54) is 32.1 Å². The number of rotatable bonds is 2. The van der Waals surface area contributed by atoms with Crippen molar-refractivity contribution in [3.8, 4) is 5.75 Å². The highest BCUT2D eigenvalue weighted by Crippen LogP contribution is 2.56. The van der Waals surface area contributed by atoms with Crippen molar-refractivity contribution in [2.45, 2.75) is 49.5 Å². The van der Waals surface area contributed by atoms with Crippen molar-refractivity contribution in [1.82, 2.24) is 0 Å². The Balaban J connectivity index is 1.73. The van der Waals surface area contributed by atoms with E-state index in [1.807, 2.05) is 24.3 Å². The summed E-state index contributed by atoms with van der Waals surface area (Å²) in [6.45, 7) is 0. The lowest BCUT2D eigenvalue weighted by molar-refractivity contribution is -0.0601. The van der Waals surface area contributed by atoms with Gasteiger partial charge in [0.25, 0.3) is 0 Å². The number of hydrogen-bond acceptors (Lipinski definition) is 1. The first-order chi connectivity index (χ1) is 8.71. The summed E-state index contributed by atoms with van der Waals surface area (Å²) < 4.78 is 6.18. The molecular formula is C15H18BrClO. The van der Waals surface area contributed by atoms with Crippen LogP contribution in [-0.4, -0.2) is 10.9 Å². The van der Waals surface area contributed by atoms with E-state index in [4.69, 9.17) is 16.3 Å². The first kappa shape index (κ1) is 12.8. The third-order valence-corrected chi connectivity index (χ3v) is 6.07. The highest BCUT2D eigenvalue weighted by molar-refractivity contribution is 9.09. The maximum atomic E-state index is 6.18. The average Bonchev–Trinajstić information content (AvgIpc) is 2.39. The van der Waals surface area contributed by atoms with Crippen LogP contribution in [0.1, 0.15) is 38.5 Å². The Hall–Kier alpha value is -0.210. The summed E-state index contributed by atoms with van der Waals surface area (Å²) >= 11 is 9.85. The van der Waals surface area contributed by atoms with E-state index in [0.29, 0.717) is 16.3 Å². The lowest BCUT2D eigenvalue weighted by Gasteiger charge is -2.55. The molecule has 1 aromatic carbocycles. The molecule has 2 saturated carbocycles. The van der Waals surface area contributed by atoms with E-state index in [2.05, 4.69) is 15.9 Å². The van der Waals surface area contributed by atoms with Crippen molar-refractivity contribution in [2.24, 2.45) is 5.41 Å². The predicted molar refractivity (Wildman–Crippen MR) is 78.7 cm³/mol. The van der Waals surface area contributed by atoms with Crippen molar-refractivity contribution >= 4 is 27.5 Å². The van der Waals surface area contributed by atoms with E-state index >= 15 is 0 Å². The first-order valence-corrected chi connectivity index (χ1v) is 8.06. The van der Waals surface area contributed by atoms with Gasteiger partial charge in [-0.05, 0) is 37.5 Å². The molecule has 2 aliphatic carbocycles. The molecule has 0 radical (unpaired) electrons. The quantitative estimate of drug-likeness (QED) is 0.677. The Morgan fingerprint density at radius 2 is 2.00 bits per heavy atom. The van der Waals surface area contributed by atoms with Crippen LogP contribution in [0.15, 0.2) is 24.3 Å². The molecule has 0 bridgehead atoms.